The summed E-state index contributed by atoms with van der Waals surface area (Å²) in [6, 6.07) is 10.5. The van der Waals surface area contributed by atoms with Crippen molar-refractivity contribution in [2.75, 3.05) is 32.6 Å². The molecule has 0 aliphatic rings. The summed E-state index contributed by atoms with van der Waals surface area (Å²) in [6.07, 6.45) is 0. The van der Waals surface area contributed by atoms with Crippen LogP contribution < -0.4 is 14.8 Å². The SMILES string of the molecule is CCOc1cc(C(=O)N(C)CC(=O)Nc2ccc(Br)cc2C)ccc1OC. The lowest BCUT2D eigenvalue weighted by atomic mass is 10.1. The molecule has 0 fully saturated rings. The lowest BCUT2D eigenvalue weighted by molar-refractivity contribution is -0.116. The highest BCUT2D eigenvalue weighted by molar-refractivity contribution is 9.10. The van der Waals surface area contributed by atoms with E-state index in [1.54, 1.807) is 32.4 Å². The molecule has 2 amide bonds. The third-order valence-corrected chi connectivity index (χ3v) is 4.39. The molecule has 0 atom stereocenters. The van der Waals surface area contributed by atoms with Gasteiger partial charge in [0.2, 0.25) is 5.91 Å². The summed E-state index contributed by atoms with van der Waals surface area (Å²) in [5.74, 6) is 0.504. The Bertz CT molecular complexity index is 839. The monoisotopic (exact) mass is 434 g/mol. The molecule has 0 heterocycles. The first-order valence-electron chi connectivity index (χ1n) is 8.48. The Labute approximate surface area is 167 Å². The summed E-state index contributed by atoms with van der Waals surface area (Å²) in [4.78, 5) is 26.3. The molecule has 0 radical (unpaired) electrons. The van der Waals surface area contributed by atoms with E-state index >= 15 is 0 Å². The van der Waals surface area contributed by atoms with E-state index in [-0.39, 0.29) is 18.4 Å². The summed E-state index contributed by atoms with van der Waals surface area (Å²) in [5.41, 5.74) is 2.07. The Kier molecular flexibility index (Phi) is 7.24. The van der Waals surface area contributed by atoms with Crippen LogP contribution in [0.15, 0.2) is 40.9 Å². The van der Waals surface area contributed by atoms with E-state index in [0.717, 1.165) is 10.0 Å². The molecule has 0 unspecified atom stereocenters. The summed E-state index contributed by atoms with van der Waals surface area (Å²) < 4.78 is 11.7. The number of carbonyl (C=O) groups is 2. The topological polar surface area (TPSA) is 67.9 Å². The molecule has 2 rings (SSSR count). The van der Waals surface area contributed by atoms with Gasteiger partial charge in [0.05, 0.1) is 20.3 Å². The van der Waals surface area contributed by atoms with Crippen LogP contribution in [-0.2, 0) is 4.79 Å². The number of likely N-dealkylation sites (N-methyl/N-ethyl adjacent to an activating group) is 1. The predicted octanol–water partition coefficient (Wildman–Crippen LogP) is 3.88. The molecule has 0 aromatic heterocycles. The van der Waals surface area contributed by atoms with Crippen LogP contribution in [-0.4, -0.2) is 44.0 Å². The predicted molar refractivity (Wildman–Crippen MR) is 109 cm³/mol. The van der Waals surface area contributed by atoms with Gasteiger partial charge in [-0.1, -0.05) is 15.9 Å². The van der Waals surface area contributed by atoms with Gasteiger partial charge in [-0.05, 0) is 55.8 Å². The molecule has 27 heavy (non-hydrogen) atoms. The maximum Gasteiger partial charge on any atom is 0.254 e. The van der Waals surface area contributed by atoms with Crippen LogP contribution in [0.3, 0.4) is 0 Å². The molecule has 2 aromatic carbocycles. The van der Waals surface area contributed by atoms with Gasteiger partial charge in [-0.3, -0.25) is 9.59 Å². The average Bonchev–Trinajstić information content (AvgIpc) is 2.63. The Morgan fingerprint density at radius 2 is 1.89 bits per heavy atom. The molecule has 0 aliphatic carbocycles. The maximum atomic E-state index is 12.6. The smallest absolute Gasteiger partial charge is 0.254 e. The number of rotatable bonds is 7. The van der Waals surface area contributed by atoms with Crippen LogP contribution in [0, 0.1) is 6.92 Å². The van der Waals surface area contributed by atoms with E-state index in [1.807, 2.05) is 32.0 Å². The normalized spacial score (nSPS) is 10.3. The zero-order chi connectivity index (χ0) is 20.0. The van der Waals surface area contributed by atoms with E-state index in [4.69, 9.17) is 9.47 Å². The van der Waals surface area contributed by atoms with Gasteiger partial charge in [0.25, 0.3) is 5.91 Å². The lowest BCUT2D eigenvalue weighted by Crippen LogP contribution is -2.35. The van der Waals surface area contributed by atoms with Crippen molar-refractivity contribution in [1.82, 2.24) is 4.90 Å². The van der Waals surface area contributed by atoms with Gasteiger partial charge in [0.15, 0.2) is 11.5 Å². The maximum absolute atomic E-state index is 12.6. The van der Waals surface area contributed by atoms with Crippen molar-refractivity contribution < 1.29 is 19.1 Å². The minimum absolute atomic E-state index is 0.0651. The van der Waals surface area contributed by atoms with Crippen LogP contribution in [0.1, 0.15) is 22.8 Å². The number of anilines is 1. The minimum Gasteiger partial charge on any atom is -0.493 e. The molecule has 0 spiro atoms. The fourth-order valence-electron chi connectivity index (χ4n) is 2.54. The Morgan fingerprint density at radius 1 is 1.15 bits per heavy atom. The number of nitrogens with zero attached hydrogens (tertiary/aromatic N) is 1. The van der Waals surface area contributed by atoms with Crippen molar-refractivity contribution in [3.8, 4) is 11.5 Å². The van der Waals surface area contributed by atoms with E-state index in [2.05, 4.69) is 21.2 Å². The van der Waals surface area contributed by atoms with Crippen molar-refractivity contribution in [3.05, 3.63) is 52.0 Å². The second kappa shape index (κ2) is 9.41. The number of ether oxygens (including phenoxy) is 2. The minimum atomic E-state index is -0.277. The number of hydrogen-bond acceptors (Lipinski definition) is 4. The van der Waals surface area contributed by atoms with Gasteiger partial charge in [0.1, 0.15) is 0 Å². The van der Waals surface area contributed by atoms with Crippen molar-refractivity contribution in [3.63, 3.8) is 0 Å². The highest BCUT2D eigenvalue weighted by Crippen LogP contribution is 2.28. The number of methoxy groups -OCH3 is 1. The Morgan fingerprint density at radius 3 is 2.52 bits per heavy atom. The van der Waals surface area contributed by atoms with Gasteiger partial charge in [-0.15, -0.1) is 0 Å². The van der Waals surface area contributed by atoms with Gasteiger partial charge in [0, 0.05) is 22.8 Å². The Hall–Kier alpha value is -2.54. The standard InChI is InChI=1S/C20H23BrN2O4/c1-5-27-18-11-14(6-9-17(18)26-4)20(25)23(3)12-19(24)22-16-8-7-15(21)10-13(16)2/h6-11H,5,12H2,1-4H3,(H,22,24). The first kappa shape index (κ1) is 20.8. The van der Waals surface area contributed by atoms with Gasteiger partial charge >= 0.3 is 0 Å². The van der Waals surface area contributed by atoms with Crippen LogP contribution in [0.4, 0.5) is 5.69 Å². The average molecular weight is 435 g/mol. The zero-order valence-corrected chi connectivity index (χ0v) is 17.4. The number of hydrogen-bond donors (Lipinski definition) is 1. The zero-order valence-electron chi connectivity index (χ0n) is 15.8. The van der Waals surface area contributed by atoms with Gasteiger partial charge in [-0.25, -0.2) is 0 Å². The van der Waals surface area contributed by atoms with Crippen LogP contribution in [0.5, 0.6) is 11.5 Å². The third kappa shape index (κ3) is 5.47. The van der Waals surface area contributed by atoms with Crippen molar-refractivity contribution >= 4 is 33.4 Å². The molecule has 7 heteroatoms. The molecular weight excluding hydrogens is 412 g/mol. The summed E-state index contributed by atoms with van der Waals surface area (Å²) >= 11 is 3.39. The quantitative estimate of drug-likeness (QED) is 0.717. The van der Waals surface area contributed by atoms with Crippen LogP contribution >= 0.6 is 15.9 Å². The number of amides is 2. The van der Waals surface area contributed by atoms with Crippen LogP contribution in [0.25, 0.3) is 0 Å². The second-order valence-corrected chi connectivity index (χ2v) is 6.88. The summed E-state index contributed by atoms with van der Waals surface area (Å²) in [6.45, 7) is 4.15. The summed E-state index contributed by atoms with van der Waals surface area (Å²) in [7, 11) is 3.13. The molecule has 0 aliphatic heterocycles. The third-order valence-electron chi connectivity index (χ3n) is 3.90. The molecule has 144 valence electrons. The number of benzene rings is 2. The van der Waals surface area contributed by atoms with Crippen LogP contribution in [0.2, 0.25) is 0 Å². The molecule has 0 saturated carbocycles. The van der Waals surface area contributed by atoms with Crippen molar-refractivity contribution in [2.45, 2.75) is 13.8 Å². The number of carbonyl (C=O) groups excluding carboxylic acids is 2. The Balaban J connectivity index is 2.06. The van der Waals surface area contributed by atoms with Crippen molar-refractivity contribution in [2.24, 2.45) is 0 Å². The fraction of sp³-hybridized carbons (Fsp3) is 0.300. The number of halogens is 1. The van der Waals surface area contributed by atoms with E-state index < -0.39 is 0 Å². The van der Waals surface area contributed by atoms with E-state index in [1.165, 1.54) is 4.90 Å². The molecule has 0 saturated heterocycles. The molecule has 2 aromatic rings. The highest BCUT2D eigenvalue weighted by atomic mass is 79.9. The number of nitrogens with one attached hydrogen (secondary N) is 1. The van der Waals surface area contributed by atoms with Gasteiger partial charge < -0.3 is 19.7 Å². The first-order valence-corrected chi connectivity index (χ1v) is 9.27. The van der Waals surface area contributed by atoms with Crippen molar-refractivity contribution in [1.29, 1.82) is 0 Å². The highest BCUT2D eigenvalue weighted by Gasteiger charge is 2.17. The largest absolute Gasteiger partial charge is 0.493 e. The fourth-order valence-corrected chi connectivity index (χ4v) is 3.02. The second-order valence-electron chi connectivity index (χ2n) is 5.97. The first-order chi connectivity index (χ1) is 12.8. The number of aryl methyl sites for hydroxylation is 1. The van der Waals surface area contributed by atoms with E-state index in [9.17, 15) is 9.59 Å². The summed E-state index contributed by atoms with van der Waals surface area (Å²) in [5, 5.41) is 2.83. The van der Waals surface area contributed by atoms with E-state index in [0.29, 0.717) is 29.4 Å². The molecule has 6 nitrogen and oxygen atoms in total. The lowest BCUT2D eigenvalue weighted by Gasteiger charge is -2.18. The van der Waals surface area contributed by atoms with Gasteiger partial charge in [-0.2, -0.15) is 0 Å². The molecule has 1 N–H and O–H groups in total. The molecule has 0 bridgehead atoms. The molecular formula is C20H23BrN2O4.